The minimum Gasteiger partial charge on any atom is -0.493 e. The van der Waals surface area contributed by atoms with Gasteiger partial charge in [0.25, 0.3) is 0 Å². The number of nitrogens with one attached hydrogen (secondary N) is 2. The van der Waals surface area contributed by atoms with E-state index in [1.807, 2.05) is 17.0 Å². The standard InChI is InChI=1S/C18H22ClN3O4/c1-22(8-4-10-25-15-6-2-5-14(19)11-15)13-17(23)21-18(24)20-12-16-7-3-9-26-16/h2-3,5-7,9,11H,4,8,10,12-13H2,1H3,(H2,20,21,23,24). The van der Waals surface area contributed by atoms with Gasteiger partial charge in [0.05, 0.1) is 26.0 Å². The maximum absolute atomic E-state index is 11.8. The van der Waals surface area contributed by atoms with Crippen molar-refractivity contribution >= 4 is 23.5 Å². The van der Waals surface area contributed by atoms with Crippen molar-refractivity contribution in [1.82, 2.24) is 15.5 Å². The van der Waals surface area contributed by atoms with Crippen molar-refractivity contribution in [1.29, 1.82) is 0 Å². The number of halogens is 1. The van der Waals surface area contributed by atoms with Crippen LogP contribution >= 0.6 is 11.6 Å². The Bertz CT molecular complexity index is 706. The number of imide groups is 1. The molecule has 140 valence electrons. The average Bonchev–Trinajstić information content (AvgIpc) is 3.10. The van der Waals surface area contributed by atoms with Crippen LogP contribution in [0.15, 0.2) is 47.1 Å². The summed E-state index contributed by atoms with van der Waals surface area (Å²) in [7, 11) is 1.81. The van der Waals surface area contributed by atoms with Crippen LogP contribution in [0.2, 0.25) is 5.02 Å². The Morgan fingerprint density at radius 2 is 2.12 bits per heavy atom. The smallest absolute Gasteiger partial charge is 0.321 e. The molecule has 26 heavy (non-hydrogen) atoms. The Hall–Kier alpha value is -2.51. The van der Waals surface area contributed by atoms with E-state index < -0.39 is 6.03 Å². The highest BCUT2D eigenvalue weighted by Gasteiger charge is 2.10. The molecule has 0 saturated heterocycles. The summed E-state index contributed by atoms with van der Waals surface area (Å²) in [6, 6.07) is 10.1. The molecule has 2 N–H and O–H groups in total. The highest BCUT2D eigenvalue weighted by atomic mass is 35.5. The highest BCUT2D eigenvalue weighted by molar-refractivity contribution is 6.30. The van der Waals surface area contributed by atoms with Crippen LogP contribution in [0.4, 0.5) is 4.79 Å². The molecule has 0 bridgehead atoms. The van der Waals surface area contributed by atoms with Crippen molar-refractivity contribution in [2.45, 2.75) is 13.0 Å². The Labute approximate surface area is 157 Å². The lowest BCUT2D eigenvalue weighted by Gasteiger charge is -2.16. The van der Waals surface area contributed by atoms with Crippen LogP contribution in [0, 0.1) is 0 Å². The molecule has 0 spiro atoms. The van der Waals surface area contributed by atoms with Crippen LogP contribution < -0.4 is 15.4 Å². The number of hydrogen-bond donors (Lipinski definition) is 2. The van der Waals surface area contributed by atoms with E-state index in [2.05, 4.69) is 10.6 Å². The van der Waals surface area contributed by atoms with E-state index >= 15 is 0 Å². The number of nitrogens with zero attached hydrogens (tertiary/aromatic N) is 1. The van der Waals surface area contributed by atoms with Gasteiger partial charge >= 0.3 is 6.03 Å². The monoisotopic (exact) mass is 379 g/mol. The van der Waals surface area contributed by atoms with Crippen molar-refractivity contribution in [2.75, 3.05) is 26.7 Å². The molecule has 2 aromatic rings. The predicted octanol–water partition coefficient (Wildman–Crippen LogP) is 2.66. The lowest BCUT2D eigenvalue weighted by Crippen LogP contribution is -2.43. The van der Waals surface area contributed by atoms with E-state index in [1.54, 1.807) is 31.3 Å². The number of ether oxygens (including phenoxy) is 1. The van der Waals surface area contributed by atoms with Crippen molar-refractivity contribution in [3.63, 3.8) is 0 Å². The number of carbonyl (C=O) groups is 2. The molecule has 0 radical (unpaired) electrons. The highest BCUT2D eigenvalue weighted by Crippen LogP contribution is 2.17. The van der Waals surface area contributed by atoms with E-state index in [0.29, 0.717) is 29.7 Å². The zero-order valence-corrected chi connectivity index (χ0v) is 15.3. The number of rotatable bonds is 9. The van der Waals surface area contributed by atoms with Crippen LogP contribution in [0.5, 0.6) is 5.75 Å². The SMILES string of the molecule is CN(CCCOc1cccc(Cl)c1)CC(=O)NC(=O)NCc1ccco1. The minimum atomic E-state index is -0.552. The zero-order valence-electron chi connectivity index (χ0n) is 14.5. The number of urea groups is 1. The summed E-state index contributed by atoms with van der Waals surface area (Å²) in [5.41, 5.74) is 0. The molecular weight excluding hydrogens is 358 g/mol. The molecule has 1 aromatic heterocycles. The molecule has 0 aliphatic rings. The second-order valence-corrected chi connectivity index (χ2v) is 6.14. The van der Waals surface area contributed by atoms with Gasteiger partial charge in [-0.25, -0.2) is 4.79 Å². The van der Waals surface area contributed by atoms with Gasteiger partial charge in [0.1, 0.15) is 11.5 Å². The van der Waals surface area contributed by atoms with E-state index in [1.165, 1.54) is 6.26 Å². The third-order valence-corrected chi connectivity index (χ3v) is 3.65. The average molecular weight is 380 g/mol. The van der Waals surface area contributed by atoms with E-state index in [4.69, 9.17) is 20.8 Å². The van der Waals surface area contributed by atoms with Crippen LogP contribution in [0.3, 0.4) is 0 Å². The van der Waals surface area contributed by atoms with Gasteiger partial charge in [-0.1, -0.05) is 17.7 Å². The maximum atomic E-state index is 11.8. The van der Waals surface area contributed by atoms with Gasteiger partial charge in [-0.05, 0) is 43.8 Å². The van der Waals surface area contributed by atoms with Crippen LogP contribution in [0.25, 0.3) is 0 Å². The summed E-state index contributed by atoms with van der Waals surface area (Å²) in [6.45, 7) is 1.51. The number of amides is 3. The van der Waals surface area contributed by atoms with Gasteiger partial charge in [-0.2, -0.15) is 0 Å². The van der Waals surface area contributed by atoms with Crippen molar-refractivity contribution in [2.24, 2.45) is 0 Å². The molecule has 7 nitrogen and oxygen atoms in total. The predicted molar refractivity (Wildman–Crippen MR) is 98.1 cm³/mol. The molecule has 1 heterocycles. The number of hydrogen-bond acceptors (Lipinski definition) is 5. The number of carbonyl (C=O) groups excluding carboxylic acids is 2. The second-order valence-electron chi connectivity index (χ2n) is 5.71. The topological polar surface area (TPSA) is 83.8 Å². The summed E-state index contributed by atoms with van der Waals surface area (Å²) in [5, 5.41) is 5.45. The molecule has 0 atom stereocenters. The molecule has 0 unspecified atom stereocenters. The fourth-order valence-corrected chi connectivity index (χ4v) is 2.38. The van der Waals surface area contributed by atoms with Gasteiger partial charge in [-0.3, -0.25) is 15.0 Å². The molecule has 0 saturated carbocycles. The van der Waals surface area contributed by atoms with Gasteiger partial charge < -0.3 is 14.5 Å². The minimum absolute atomic E-state index is 0.116. The third kappa shape index (κ3) is 7.58. The summed E-state index contributed by atoms with van der Waals surface area (Å²) < 4.78 is 10.7. The molecule has 0 aliphatic carbocycles. The Kier molecular flexibility index (Phi) is 7.98. The van der Waals surface area contributed by atoms with Crippen LogP contribution in [-0.4, -0.2) is 43.6 Å². The first kappa shape index (κ1) is 19.8. The molecule has 0 fully saturated rings. The van der Waals surface area contributed by atoms with E-state index in [-0.39, 0.29) is 19.0 Å². The van der Waals surface area contributed by atoms with Gasteiger partial charge in [0.2, 0.25) is 5.91 Å². The molecule has 3 amide bonds. The molecule has 8 heteroatoms. The van der Waals surface area contributed by atoms with Gasteiger partial charge in [0.15, 0.2) is 0 Å². The number of benzene rings is 1. The Balaban J connectivity index is 1.57. The first-order valence-corrected chi connectivity index (χ1v) is 8.57. The maximum Gasteiger partial charge on any atom is 0.321 e. The van der Waals surface area contributed by atoms with Crippen molar-refractivity contribution < 1.29 is 18.7 Å². The van der Waals surface area contributed by atoms with Gasteiger partial charge in [0, 0.05) is 11.6 Å². The number of furan rings is 1. The lowest BCUT2D eigenvalue weighted by molar-refractivity contribution is -0.120. The zero-order chi connectivity index (χ0) is 18.8. The summed E-state index contributed by atoms with van der Waals surface area (Å²) >= 11 is 5.89. The Morgan fingerprint density at radius 3 is 2.85 bits per heavy atom. The summed E-state index contributed by atoms with van der Waals surface area (Å²) in [4.78, 5) is 25.3. The fraction of sp³-hybridized carbons (Fsp3) is 0.333. The summed E-state index contributed by atoms with van der Waals surface area (Å²) in [5.74, 6) is 0.954. The Morgan fingerprint density at radius 1 is 1.27 bits per heavy atom. The third-order valence-electron chi connectivity index (χ3n) is 3.42. The fourth-order valence-electron chi connectivity index (χ4n) is 2.20. The van der Waals surface area contributed by atoms with E-state index in [9.17, 15) is 9.59 Å². The normalized spacial score (nSPS) is 10.6. The molecule has 1 aromatic carbocycles. The first-order valence-electron chi connectivity index (χ1n) is 8.20. The second kappa shape index (κ2) is 10.5. The molecular formula is C18H22ClN3O4. The summed E-state index contributed by atoms with van der Waals surface area (Å²) in [6.07, 6.45) is 2.26. The molecule has 0 aliphatic heterocycles. The largest absolute Gasteiger partial charge is 0.493 e. The van der Waals surface area contributed by atoms with E-state index in [0.717, 1.165) is 6.42 Å². The van der Waals surface area contributed by atoms with Crippen LogP contribution in [-0.2, 0) is 11.3 Å². The molecule has 2 rings (SSSR count). The van der Waals surface area contributed by atoms with Crippen molar-refractivity contribution in [3.8, 4) is 5.75 Å². The first-order chi connectivity index (χ1) is 12.5. The van der Waals surface area contributed by atoms with Crippen molar-refractivity contribution in [3.05, 3.63) is 53.4 Å². The lowest BCUT2D eigenvalue weighted by atomic mass is 10.3. The van der Waals surface area contributed by atoms with Crippen LogP contribution in [0.1, 0.15) is 12.2 Å². The van der Waals surface area contributed by atoms with Gasteiger partial charge in [-0.15, -0.1) is 0 Å². The quantitative estimate of drug-likeness (QED) is 0.654. The number of likely N-dealkylation sites (N-methyl/N-ethyl adjacent to an activating group) is 1.